The second-order valence-electron chi connectivity index (χ2n) is 5.18. The number of nitrogens with one attached hydrogen (secondary N) is 2. The predicted octanol–water partition coefficient (Wildman–Crippen LogP) is 1.02. The standard InChI is InChI=1S/C14H19N3O3/c1-9-5-6-11(14(20)15-9)16-12(18)8-10(2)17-7-3-4-13(17)19/h5-6,10H,3-4,7-8H2,1-2H3,(H,15,20)(H,16,18). The number of amides is 2. The van der Waals surface area contributed by atoms with Gasteiger partial charge in [-0.15, -0.1) is 0 Å². The minimum atomic E-state index is -0.316. The van der Waals surface area contributed by atoms with Gasteiger partial charge in [-0.05, 0) is 32.4 Å². The molecule has 0 radical (unpaired) electrons. The Morgan fingerprint density at radius 3 is 2.80 bits per heavy atom. The molecule has 1 aliphatic heterocycles. The zero-order valence-electron chi connectivity index (χ0n) is 11.7. The maximum Gasteiger partial charge on any atom is 0.271 e. The molecule has 6 heteroatoms. The number of nitrogens with zero attached hydrogens (tertiary/aromatic N) is 1. The van der Waals surface area contributed by atoms with Crippen LogP contribution in [0.5, 0.6) is 0 Å². The lowest BCUT2D eigenvalue weighted by molar-refractivity contribution is -0.130. The molecule has 1 aromatic heterocycles. The molecule has 20 heavy (non-hydrogen) atoms. The number of rotatable bonds is 4. The zero-order chi connectivity index (χ0) is 14.7. The number of aromatic nitrogens is 1. The maximum absolute atomic E-state index is 11.9. The molecule has 0 bridgehead atoms. The molecule has 2 N–H and O–H groups in total. The van der Waals surface area contributed by atoms with Gasteiger partial charge in [-0.25, -0.2) is 0 Å². The van der Waals surface area contributed by atoms with Crippen molar-refractivity contribution in [1.82, 2.24) is 9.88 Å². The summed E-state index contributed by atoms with van der Waals surface area (Å²) >= 11 is 0. The van der Waals surface area contributed by atoms with E-state index in [0.717, 1.165) is 12.1 Å². The monoisotopic (exact) mass is 277 g/mol. The van der Waals surface area contributed by atoms with Crippen LogP contribution in [0.4, 0.5) is 5.69 Å². The van der Waals surface area contributed by atoms with Crippen LogP contribution in [0.15, 0.2) is 16.9 Å². The molecular weight excluding hydrogens is 258 g/mol. The summed E-state index contributed by atoms with van der Waals surface area (Å²) in [5, 5.41) is 2.59. The molecule has 1 aliphatic rings. The van der Waals surface area contributed by atoms with Crippen LogP contribution >= 0.6 is 0 Å². The summed E-state index contributed by atoms with van der Waals surface area (Å²) in [5.41, 5.74) is 0.660. The van der Waals surface area contributed by atoms with Crippen LogP contribution in [-0.2, 0) is 9.59 Å². The Labute approximate surface area is 117 Å². The van der Waals surface area contributed by atoms with Gasteiger partial charge in [0.25, 0.3) is 5.56 Å². The molecule has 1 fully saturated rings. The molecule has 108 valence electrons. The van der Waals surface area contributed by atoms with Crippen molar-refractivity contribution >= 4 is 17.5 Å². The normalized spacial score (nSPS) is 16.3. The van der Waals surface area contributed by atoms with E-state index < -0.39 is 0 Å². The van der Waals surface area contributed by atoms with Gasteiger partial charge >= 0.3 is 0 Å². The summed E-state index contributed by atoms with van der Waals surface area (Å²) in [5.74, 6) is -0.162. The minimum Gasteiger partial charge on any atom is -0.339 e. The Morgan fingerprint density at radius 2 is 2.20 bits per heavy atom. The minimum absolute atomic E-state index is 0.0958. The quantitative estimate of drug-likeness (QED) is 0.862. The number of pyridine rings is 1. The number of hydrogen-bond donors (Lipinski definition) is 2. The number of H-pyrrole nitrogens is 1. The van der Waals surface area contributed by atoms with Crippen molar-refractivity contribution < 1.29 is 9.59 Å². The molecule has 6 nitrogen and oxygen atoms in total. The summed E-state index contributed by atoms with van der Waals surface area (Å²) in [7, 11) is 0. The molecule has 2 amide bonds. The summed E-state index contributed by atoms with van der Waals surface area (Å²) in [6, 6.07) is 3.16. The first-order valence-electron chi connectivity index (χ1n) is 6.76. The third kappa shape index (κ3) is 3.26. The highest BCUT2D eigenvalue weighted by Gasteiger charge is 2.26. The number of anilines is 1. The van der Waals surface area contributed by atoms with Gasteiger partial charge in [0.05, 0.1) is 0 Å². The number of hydrogen-bond acceptors (Lipinski definition) is 3. The second kappa shape index (κ2) is 5.90. The first kappa shape index (κ1) is 14.3. The van der Waals surface area contributed by atoms with Crippen LogP contribution in [-0.4, -0.2) is 34.3 Å². The fourth-order valence-electron chi connectivity index (χ4n) is 2.39. The highest BCUT2D eigenvalue weighted by atomic mass is 16.2. The van der Waals surface area contributed by atoms with Gasteiger partial charge in [0, 0.05) is 31.1 Å². The van der Waals surface area contributed by atoms with E-state index in [0.29, 0.717) is 13.0 Å². The summed E-state index contributed by atoms with van der Waals surface area (Å²) in [6.45, 7) is 4.33. The summed E-state index contributed by atoms with van der Waals surface area (Å²) < 4.78 is 0. The number of likely N-dealkylation sites (tertiary alicyclic amines) is 1. The highest BCUT2D eigenvalue weighted by molar-refractivity contribution is 5.91. The third-order valence-electron chi connectivity index (χ3n) is 3.45. The first-order chi connectivity index (χ1) is 9.47. The second-order valence-corrected chi connectivity index (χ2v) is 5.18. The average molecular weight is 277 g/mol. The lowest BCUT2D eigenvalue weighted by atomic mass is 10.2. The van der Waals surface area contributed by atoms with Crippen LogP contribution in [0.1, 0.15) is 31.9 Å². The van der Waals surface area contributed by atoms with E-state index >= 15 is 0 Å². The predicted molar refractivity (Wildman–Crippen MR) is 75.5 cm³/mol. The van der Waals surface area contributed by atoms with Crippen LogP contribution in [0.25, 0.3) is 0 Å². The van der Waals surface area contributed by atoms with Crippen molar-refractivity contribution in [3.8, 4) is 0 Å². The van der Waals surface area contributed by atoms with Gasteiger partial charge in [-0.1, -0.05) is 0 Å². The molecule has 1 saturated heterocycles. The Morgan fingerprint density at radius 1 is 1.45 bits per heavy atom. The first-order valence-corrected chi connectivity index (χ1v) is 6.76. The fraction of sp³-hybridized carbons (Fsp3) is 0.500. The van der Waals surface area contributed by atoms with Gasteiger partial charge in [0.2, 0.25) is 11.8 Å². The molecule has 0 spiro atoms. The summed E-state index contributed by atoms with van der Waals surface area (Å²) in [4.78, 5) is 39.5. The SMILES string of the molecule is Cc1ccc(NC(=O)CC(C)N2CCCC2=O)c(=O)[nH]1. The van der Waals surface area contributed by atoms with E-state index in [-0.39, 0.29) is 35.5 Å². The molecule has 0 saturated carbocycles. The average Bonchev–Trinajstić information content (AvgIpc) is 2.79. The number of aryl methyl sites for hydroxylation is 1. The topological polar surface area (TPSA) is 82.3 Å². The van der Waals surface area contributed by atoms with E-state index in [1.54, 1.807) is 24.0 Å². The van der Waals surface area contributed by atoms with Gasteiger partial charge in [0.1, 0.15) is 5.69 Å². The van der Waals surface area contributed by atoms with E-state index in [9.17, 15) is 14.4 Å². The summed E-state index contributed by atoms with van der Waals surface area (Å²) in [6.07, 6.45) is 1.60. The van der Waals surface area contributed by atoms with Gasteiger partial charge in [0.15, 0.2) is 0 Å². The fourth-order valence-corrected chi connectivity index (χ4v) is 2.39. The van der Waals surface area contributed by atoms with Crippen molar-refractivity contribution in [1.29, 1.82) is 0 Å². The Kier molecular flexibility index (Phi) is 4.22. The molecule has 0 aromatic carbocycles. The number of carbonyl (C=O) groups excluding carboxylic acids is 2. The van der Waals surface area contributed by atoms with E-state index in [4.69, 9.17) is 0 Å². The van der Waals surface area contributed by atoms with Crippen LogP contribution in [0.2, 0.25) is 0 Å². The number of carbonyl (C=O) groups is 2. The molecule has 2 heterocycles. The lowest BCUT2D eigenvalue weighted by Gasteiger charge is -2.23. The Bertz CT molecular complexity index is 579. The molecular formula is C14H19N3O3. The van der Waals surface area contributed by atoms with Crippen LogP contribution < -0.4 is 10.9 Å². The van der Waals surface area contributed by atoms with Gasteiger partial charge < -0.3 is 15.2 Å². The third-order valence-corrected chi connectivity index (χ3v) is 3.45. The van der Waals surface area contributed by atoms with Crippen molar-refractivity contribution in [2.24, 2.45) is 0 Å². The molecule has 0 aliphatic carbocycles. The van der Waals surface area contributed by atoms with E-state index in [2.05, 4.69) is 10.3 Å². The van der Waals surface area contributed by atoms with E-state index in [1.807, 2.05) is 6.92 Å². The zero-order valence-corrected chi connectivity index (χ0v) is 11.7. The highest BCUT2D eigenvalue weighted by Crippen LogP contribution is 2.15. The van der Waals surface area contributed by atoms with Crippen molar-refractivity contribution in [2.75, 3.05) is 11.9 Å². The van der Waals surface area contributed by atoms with Crippen molar-refractivity contribution in [2.45, 2.75) is 39.2 Å². The largest absolute Gasteiger partial charge is 0.339 e. The van der Waals surface area contributed by atoms with Crippen molar-refractivity contribution in [3.63, 3.8) is 0 Å². The number of aromatic amines is 1. The molecule has 1 unspecified atom stereocenters. The Balaban J connectivity index is 1.95. The molecule has 2 rings (SSSR count). The van der Waals surface area contributed by atoms with Gasteiger partial charge in [-0.3, -0.25) is 14.4 Å². The Hall–Kier alpha value is -2.11. The van der Waals surface area contributed by atoms with Crippen LogP contribution in [0, 0.1) is 6.92 Å². The maximum atomic E-state index is 11.9. The lowest BCUT2D eigenvalue weighted by Crippen LogP contribution is -2.37. The van der Waals surface area contributed by atoms with Crippen molar-refractivity contribution in [3.05, 3.63) is 28.2 Å². The van der Waals surface area contributed by atoms with Gasteiger partial charge in [-0.2, -0.15) is 0 Å². The van der Waals surface area contributed by atoms with E-state index in [1.165, 1.54) is 0 Å². The molecule has 1 atom stereocenters. The smallest absolute Gasteiger partial charge is 0.271 e. The molecule has 1 aromatic rings. The van der Waals surface area contributed by atoms with Crippen LogP contribution in [0.3, 0.4) is 0 Å².